The number of carbonyl (C=O) groups is 2. The number of aromatic nitrogens is 2. The molecule has 168 valence electrons. The molecule has 0 saturated carbocycles. The first-order valence-electron chi connectivity index (χ1n) is 8.59. The summed E-state index contributed by atoms with van der Waals surface area (Å²) in [7, 11) is 2.75. The smallest absolute Gasteiger partial charge is 0.341 e. The molecule has 0 bridgehead atoms. The van der Waals surface area contributed by atoms with Gasteiger partial charge in [0, 0.05) is 21.3 Å². The lowest BCUT2D eigenvalue weighted by Gasteiger charge is -2.10. The minimum Gasteiger partial charge on any atom is -0.506 e. The summed E-state index contributed by atoms with van der Waals surface area (Å²) in [5, 5.41) is 20.5. The van der Waals surface area contributed by atoms with Crippen LogP contribution in [0.3, 0.4) is 0 Å². The lowest BCUT2D eigenvalue weighted by atomic mass is 10.2. The van der Waals surface area contributed by atoms with Crippen molar-refractivity contribution in [3.8, 4) is 17.5 Å². The van der Waals surface area contributed by atoms with Gasteiger partial charge in [-0.15, -0.1) is 0 Å². The molecule has 2 aromatic heterocycles. The summed E-state index contributed by atoms with van der Waals surface area (Å²) < 4.78 is 24.5. The van der Waals surface area contributed by atoms with E-state index >= 15 is 0 Å². The maximum atomic E-state index is 13.6. The number of para-hydroxylation sites is 1. The molecule has 0 radical (unpaired) electrons. The van der Waals surface area contributed by atoms with Crippen LogP contribution in [-0.4, -0.2) is 46.3 Å². The molecule has 0 spiro atoms. The number of nitrogens with one attached hydrogen (secondary N) is 1. The van der Waals surface area contributed by atoms with Crippen LogP contribution in [0.2, 0.25) is 0 Å². The fourth-order valence-corrected chi connectivity index (χ4v) is 2.97. The summed E-state index contributed by atoms with van der Waals surface area (Å²) in [5.74, 6) is -2.58. The number of methoxy groups -OCH3 is 2. The molecule has 1 amide bonds. The third kappa shape index (κ3) is 6.37. The number of anilines is 1. The predicted octanol–water partition coefficient (Wildman–Crippen LogP) is 4.50. The van der Waals surface area contributed by atoms with Gasteiger partial charge in [-0.3, -0.25) is 4.79 Å². The van der Waals surface area contributed by atoms with Crippen LogP contribution < -0.4 is 14.8 Å². The number of aromatic carboxylic acids is 1. The summed E-state index contributed by atoms with van der Waals surface area (Å²) >= 11 is 6.30. The largest absolute Gasteiger partial charge is 0.506 e. The van der Waals surface area contributed by atoms with Gasteiger partial charge in [-0.1, -0.05) is 6.07 Å². The first-order chi connectivity index (χ1) is 15.2. The highest BCUT2D eigenvalue weighted by Crippen LogP contribution is 2.28. The van der Waals surface area contributed by atoms with Crippen molar-refractivity contribution in [3.63, 3.8) is 0 Å². The summed E-state index contributed by atoms with van der Waals surface area (Å²) in [5.41, 5.74) is -0.129. The van der Waals surface area contributed by atoms with Crippen molar-refractivity contribution in [2.45, 2.75) is 0 Å². The Morgan fingerprint density at radius 3 is 2.03 bits per heavy atom. The molecule has 0 unspecified atom stereocenters. The van der Waals surface area contributed by atoms with E-state index < -0.39 is 17.7 Å². The number of amides is 1. The molecule has 32 heavy (non-hydrogen) atoms. The fraction of sp³-hybridized carbons (Fsp3) is 0.100. The van der Waals surface area contributed by atoms with E-state index in [1.807, 2.05) is 0 Å². The standard InChI is InChI=1S/C13H10BrFN2O3.C7H6BrNO3/c1-20-13-8(5-7(14)6-16-13)12(19)17-11-9(15)3-2-4-10(11)18;1-12-6-5(7(10)11)2-4(8)3-9-6/h2-6,18H,1H3,(H,17,19);2-3H,1H3,(H,10,11). The van der Waals surface area contributed by atoms with Gasteiger partial charge >= 0.3 is 5.97 Å². The van der Waals surface area contributed by atoms with E-state index in [4.69, 9.17) is 14.6 Å². The first-order valence-corrected chi connectivity index (χ1v) is 10.2. The molecule has 3 aromatic rings. The van der Waals surface area contributed by atoms with Gasteiger partial charge in [-0.05, 0) is 56.1 Å². The van der Waals surface area contributed by atoms with Crippen molar-refractivity contribution < 1.29 is 33.7 Å². The second-order valence-electron chi connectivity index (χ2n) is 5.81. The highest BCUT2D eigenvalue weighted by molar-refractivity contribution is 9.10. The average Bonchev–Trinajstić information content (AvgIpc) is 2.76. The number of phenols is 1. The third-order valence-corrected chi connectivity index (χ3v) is 4.59. The van der Waals surface area contributed by atoms with E-state index in [-0.39, 0.29) is 34.3 Å². The highest BCUT2D eigenvalue weighted by atomic mass is 79.9. The lowest BCUT2D eigenvalue weighted by Crippen LogP contribution is -2.15. The Bertz CT molecular complexity index is 1130. The van der Waals surface area contributed by atoms with E-state index in [9.17, 15) is 19.1 Å². The summed E-state index contributed by atoms with van der Waals surface area (Å²) in [6.07, 6.45) is 2.95. The zero-order chi connectivity index (χ0) is 23.8. The van der Waals surface area contributed by atoms with Gasteiger partial charge in [0.05, 0.1) is 14.2 Å². The van der Waals surface area contributed by atoms with Crippen molar-refractivity contribution in [2.24, 2.45) is 0 Å². The number of carboxylic acids is 1. The number of benzene rings is 1. The van der Waals surface area contributed by atoms with E-state index in [1.165, 1.54) is 50.9 Å². The second kappa shape index (κ2) is 11.4. The summed E-state index contributed by atoms with van der Waals surface area (Å²) in [4.78, 5) is 30.4. The molecule has 0 aliphatic carbocycles. The molecule has 12 heteroatoms. The van der Waals surface area contributed by atoms with Crippen molar-refractivity contribution in [2.75, 3.05) is 19.5 Å². The van der Waals surface area contributed by atoms with Crippen LogP contribution in [0.1, 0.15) is 20.7 Å². The zero-order valence-electron chi connectivity index (χ0n) is 16.6. The van der Waals surface area contributed by atoms with Crippen molar-refractivity contribution >= 4 is 49.4 Å². The molecule has 0 saturated heterocycles. The number of pyridine rings is 2. The van der Waals surface area contributed by atoms with Gasteiger partial charge in [-0.25, -0.2) is 19.2 Å². The van der Waals surface area contributed by atoms with Crippen LogP contribution >= 0.6 is 31.9 Å². The normalized spacial score (nSPS) is 9.91. The van der Waals surface area contributed by atoms with E-state index in [1.54, 1.807) is 0 Å². The number of hydrogen-bond acceptors (Lipinski definition) is 7. The minimum atomic E-state index is -1.05. The Balaban J connectivity index is 0.000000258. The van der Waals surface area contributed by atoms with Crippen LogP contribution in [0.25, 0.3) is 0 Å². The predicted molar refractivity (Wildman–Crippen MR) is 120 cm³/mol. The Morgan fingerprint density at radius 1 is 1.00 bits per heavy atom. The molecule has 0 atom stereocenters. The second-order valence-corrected chi connectivity index (χ2v) is 7.65. The monoisotopic (exact) mass is 571 g/mol. The number of rotatable bonds is 5. The molecule has 3 rings (SSSR count). The third-order valence-electron chi connectivity index (χ3n) is 3.73. The van der Waals surface area contributed by atoms with E-state index in [2.05, 4.69) is 47.1 Å². The molecule has 0 fully saturated rings. The van der Waals surface area contributed by atoms with Crippen molar-refractivity contribution in [1.82, 2.24) is 9.97 Å². The summed E-state index contributed by atoms with van der Waals surface area (Å²) in [6, 6.07) is 6.66. The van der Waals surface area contributed by atoms with Crippen LogP contribution in [0.5, 0.6) is 17.5 Å². The van der Waals surface area contributed by atoms with Gasteiger partial charge in [0.15, 0.2) is 5.82 Å². The number of phenolic OH excluding ortho intramolecular Hbond substituents is 1. The molecule has 0 aliphatic heterocycles. The van der Waals surface area contributed by atoms with Gasteiger partial charge in [0.2, 0.25) is 11.8 Å². The average molecular weight is 573 g/mol. The SMILES string of the molecule is COc1ncc(Br)cc1C(=O)Nc1c(O)cccc1F.COc1ncc(Br)cc1C(=O)O. The Morgan fingerprint density at radius 2 is 1.53 bits per heavy atom. The molecule has 9 nitrogen and oxygen atoms in total. The fourth-order valence-electron chi connectivity index (χ4n) is 2.31. The number of ether oxygens (including phenoxy) is 2. The van der Waals surface area contributed by atoms with Gasteiger partial charge in [0.1, 0.15) is 22.6 Å². The highest BCUT2D eigenvalue weighted by Gasteiger charge is 2.18. The maximum Gasteiger partial charge on any atom is 0.341 e. The molecule has 2 heterocycles. The molecule has 0 aliphatic rings. The topological polar surface area (TPSA) is 131 Å². The Hall–Kier alpha value is -3.25. The number of hydrogen-bond donors (Lipinski definition) is 3. The van der Waals surface area contributed by atoms with Gasteiger partial charge in [-0.2, -0.15) is 0 Å². The van der Waals surface area contributed by atoms with Crippen LogP contribution in [0.4, 0.5) is 10.1 Å². The number of carboxylic acid groups (broad SMARTS) is 1. The number of aromatic hydroxyl groups is 1. The summed E-state index contributed by atoms with van der Waals surface area (Å²) in [6.45, 7) is 0. The number of nitrogens with zero attached hydrogens (tertiary/aromatic N) is 2. The Kier molecular flexibility index (Phi) is 8.91. The van der Waals surface area contributed by atoms with Crippen molar-refractivity contribution in [1.29, 1.82) is 0 Å². The van der Waals surface area contributed by atoms with Crippen molar-refractivity contribution in [3.05, 3.63) is 68.6 Å². The van der Waals surface area contributed by atoms with Crippen LogP contribution in [-0.2, 0) is 0 Å². The number of halogens is 3. The first kappa shape index (κ1) is 25.0. The van der Waals surface area contributed by atoms with Crippen LogP contribution in [0, 0.1) is 5.82 Å². The zero-order valence-corrected chi connectivity index (χ0v) is 19.8. The Labute approximate surface area is 198 Å². The van der Waals surface area contributed by atoms with Gasteiger partial charge in [0.25, 0.3) is 5.91 Å². The quantitative estimate of drug-likeness (QED) is 0.381. The maximum absolute atomic E-state index is 13.6. The van der Waals surface area contributed by atoms with E-state index in [0.29, 0.717) is 8.95 Å². The van der Waals surface area contributed by atoms with Gasteiger partial charge < -0.3 is 25.0 Å². The molecular formula is C20H16Br2FN3O6. The van der Waals surface area contributed by atoms with E-state index in [0.717, 1.165) is 6.07 Å². The molecule has 1 aromatic carbocycles. The molecule has 3 N–H and O–H groups in total. The lowest BCUT2D eigenvalue weighted by molar-refractivity contribution is 0.0692. The number of carbonyl (C=O) groups excluding carboxylic acids is 1. The molecular weight excluding hydrogens is 557 g/mol. The minimum absolute atomic E-state index is 0.0480. The van der Waals surface area contributed by atoms with Crippen LogP contribution in [0.15, 0.2) is 51.7 Å².